The summed E-state index contributed by atoms with van der Waals surface area (Å²) in [6.45, 7) is 6.74. The van der Waals surface area contributed by atoms with Crippen LogP contribution in [-0.2, 0) is 24.4 Å². The minimum Gasteiger partial charge on any atom is -0.406 e. The van der Waals surface area contributed by atoms with Crippen LogP contribution in [0, 0.1) is 5.92 Å². The number of piperidine rings is 2. The van der Waals surface area contributed by atoms with Gasteiger partial charge in [-0.05, 0) is 98.6 Å². The van der Waals surface area contributed by atoms with Gasteiger partial charge in [0.05, 0.1) is 5.54 Å². The Morgan fingerprint density at radius 2 is 1.71 bits per heavy atom. The Morgan fingerprint density at radius 1 is 0.961 bits per heavy atom. The molecule has 3 aliphatic heterocycles. The average molecular weight is 743 g/mol. The molecule has 3 saturated heterocycles. The number of rotatable bonds is 12. The van der Waals surface area contributed by atoms with E-state index >= 15 is 0 Å². The monoisotopic (exact) mass is 741 g/mol. The van der Waals surface area contributed by atoms with E-state index in [4.69, 9.17) is 28.9 Å². The van der Waals surface area contributed by atoms with E-state index in [-0.39, 0.29) is 11.5 Å². The van der Waals surface area contributed by atoms with E-state index in [9.17, 15) is 18.0 Å². The number of likely N-dealkylation sites (tertiary alicyclic amines) is 2. The zero-order valence-electron chi connectivity index (χ0n) is 28.5. The van der Waals surface area contributed by atoms with Gasteiger partial charge in [0, 0.05) is 90.0 Å². The highest BCUT2D eigenvalue weighted by Crippen LogP contribution is 2.37. The molecule has 2 unspecified atom stereocenters. The Bertz CT molecular complexity index is 1840. The number of aromatic nitrogens is 1. The average Bonchev–Trinajstić information content (AvgIpc) is 3.59. The lowest BCUT2D eigenvalue weighted by atomic mass is 9.83. The molecule has 272 valence electrons. The first-order chi connectivity index (χ1) is 24.4. The third-order valence-electron chi connectivity index (χ3n) is 10.9. The van der Waals surface area contributed by atoms with E-state index in [0.29, 0.717) is 47.8 Å². The van der Waals surface area contributed by atoms with Crippen molar-refractivity contribution in [3.63, 3.8) is 0 Å². The number of ketones is 1. The SMILES string of the molecule is NC1(C(=O)CCCCn2cc(-c3ccc(OC(F)(F)F)cc3)c3cc(CN4CC5CC4CN(Cc4c(Cl)cccc4Cl)C5)ccc32)CCNCC1. The molecular formula is C39H44Cl2F3N5O2. The summed E-state index contributed by atoms with van der Waals surface area (Å²) in [5, 5.41) is 5.71. The summed E-state index contributed by atoms with van der Waals surface area (Å²) in [6.07, 6.45) is 1.81. The van der Waals surface area contributed by atoms with Crippen LogP contribution < -0.4 is 15.8 Å². The van der Waals surface area contributed by atoms with Crippen LogP contribution in [0.1, 0.15) is 49.7 Å². The van der Waals surface area contributed by atoms with Gasteiger partial charge in [-0.2, -0.15) is 0 Å². The van der Waals surface area contributed by atoms with Crippen molar-refractivity contribution in [3.05, 3.63) is 88.0 Å². The van der Waals surface area contributed by atoms with Crippen molar-refractivity contribution >= 4 is 39.9 Å². The lowest BCUT2D eigenvalue weighted by molar-refractivity contribution is -0.274. The van der Waals surface area contributed by atoms with Crippen LogP contribution in [0.5, 0.6) is 5.75 Å². The minimum atomic E-state index is -4.75. The molecule has 4 heterocycles. The molecule has 7 nitrogen and oxygen atoms in total. The lowest BCUT2D eigenvalue weighted by Gasteiger charge is -2.33. The molecule has 0 radical (unpaired) electrons. The van der Waals surface area contributed by atoms with Crippen LogP contribution in [-0.4, -0.2) is 70.8 Å². The molecule has 1 aromatic heterocycles. The molecule has 7 rings (SSSR count). The number of alkyl halides is 3. The zero-order valence-corrected chi connectivity index (χ0v) is 30.0. The summed E-state index contributed by atoms with van der Waals surface area (Å²) in [4.78, 5) is 18.0. The van der Waals surface area contributed by atoms with E-state index in [0.717, 1.165) is 92.7 Å². The number of nitrogens with zero attached hydrogens (tertiary/aromatic N) is 3. The second kappa shape index (κ2) is 15.1. The maximum Gasteiger partial charge on any atom is 0.573 e. The number of hydrogen-bond acceptors (Lipinski definition) is 6. The number of carbonyl (C=O) groups excluding carboxylic acids is 1. The number of nitrogens with one attached hydrogen (secondary N) is 1. The number of Topliss-reactive ketones (excluding diaryl/α,β-unsaturated/α-hetero) is 1. The maximum absolute atomic E-state index is 13.0. The van der Waals surface area contributed by atoms with Crippen molar-refractivity contribution in [3.8, 4) is 16.9 Å². The number of halogens is 5. The van der Waals surface area contributed by atoms with Gasteiger partial charge >= 0.3 is 6.36 Å². The molecule has 2 bridgehead atoms. The van der Waals surface area contributed by atoms with Crippen molar-refractivity contribution in [2.75, 3.05) is 32.7 Å². The second-order valence-corrected chi connectivity index (χ2v) is 15.3. The van der Waals surface area contributed by atoms with E-state index in [1.165, 1.54) is 17.7 Å². The predicted molar refractivity (Wildman–Crippen MR) is 196 cm³/mol. The molecule has 12 heteroatoms. The molecule has 3 aromatic carbocycles. The molecule has 4 aromatic rings. The number of nitrogens with two attached hydrogens (primary N) is 1. The van der Waals surface area contributed by atoms with Crippen LogP contribution in [0.2, 0.25) is 10.0 Å². The summed E-state index contributed by atoms with van der Waals surface area (Å²) < 4.78 is 44.9. The molecule has 0 saturated carbocycles. The first kappa shape index (κ1) is 36.2. The number of ether oxygens (including phenoxy) is 1. The number of unbranched alkanes of at least 4 members (excludes halogenated alkanes) is 1. The van der Waals surface area contributed by atoms with Crippen molar-refractivity contribution in [2.24, 2.45) is 11.7 Å². The van der Waals surface area contributed by atoms with Crippen LogP contribution in [0.3, 0.4) is 0 Å². The molecule has 0 aliphatic carbocycles. The fraction of sp³-hybridized carbons (Fsp3) is 0.462. The van der Waals surface area contributed by atoms with Gasteiger partial charge in [-0.25, -0.2) is 0 Å². The van der Waals surface area contributed by atoms with Gasteiger partial charge in [0.15, 0.2) is 5.78 Å². The zero-order chi connectivity index (χ0) is 35.8. The molecular weight excluding hydrogens is 698 g/mol. The van der Waals surface area contributed by atoms with Crippen LogP contribution >= 0.6 is 23.2 Å². The largest absolute Gasteiger partial charge is 0.573 e. The summed E-state index contributed by atoms with van der Waals surface area (Å²) in [5.41, 5.74) is 10.7. The van der Waals surface area contributed by atoms with Crippen molar-refractivity contribution in [1.29, 1.82) is 0 Å². The van der Waals surface area contributed by atoms with Gasteiger partial charge < -0.3 is 20.4 Å². The Labute approximate surface area is 306 Å². The highest BCUT2D eigenvalue weighted by Gasteiger charge is 2.39. The van der Waals surface area contributed by atoms with Gasteiger partial charge in [0.2, 0.25) is 0 Å². The first-order valence-corrected chi connectivity index (χ1v) is 18.6. The quantitative estimate of drug-likeness (QED) is 0.143. The summed E-state index contributed by atoms with van der Waals surface area (Å²) in [6, 6.07) is 18.7. The van der Waals surface area contributed by atoms with Gasteiger partial charge in [0.1, 0.15) is 5.75 Å². The molecule has 2 atom stereocenters. The van der Waals surface area contributed by atoms with E-state index in [2.05, 4.69) is 48.8 Å². The Hall–Kier alpha value is -3.12. The van der Waals surface area contributed by atoms with E-state index < -0.39 is 11.9 Å². The van der Waals surface area contributed by atoms with E-state index in [1.54, 1.807) is 12.1 Å². The minimum absolute atomic E-state index is 0.134. The van der Waals surface area contributed by atoms with Gasteiger partial charge in [0.25, 0.3) is 0 Å². The van der Waals surface area contributed by atoms with Crippen LogP contribution in [0.15, 0.2) is 66.9 Å². The highest BCUT2D eigenvalue weighted by atomic mass is 35.5. The second-order valence-electron chi connectivity index (χ2n) is 14.5. The number of hydrogen-bond donors (Lipinski definition) is 2. The van der Waals surface area contributed by atoms with E-state index in [1.807, 2.05) is 18.2 Å². The first-order valence-electron chi connectivity index (χ1n) is 17.8. The van der Waals surface area contributed by atoms with Gasteiger partial charge in [-0.1, -0.05) is 47.5 Å². The molecule has 3 aliphatic rings. The summed E-state index contributed by atoms with van der Waals surface area (Å²) in [7, 11) is 0. The van der Waals surface area contributed by atoms with Crippen LogP contribution in [0.25, 0.3) is 22.0 Å². The standard InChI is InChI=1S/C39H44Cl2F3N5O2/c40-34-4-3-5-35(41)33(34)24-47-20-27-18-29(23-47)49(22-27)21-26-7-12-36-31(19-26)32(28-8-10-30(11-9-28)51-39(42,43)44)25-48(36)17-2-1-6-37(50)38(45)13-15-46-16-14-38/h3-5,7-12,19,25,27,29,46H,1-2,6,13-18,20-24,45H2. The normalized spacial score (nSPS) is 21.0. The fourth-order valence-electron chi connectivity index (χ4n) is 8.28. The number of aryl methyl sites for hydroxylation is 1. The number of fused-ring (bicyclic) bond motifs is 3. The van der Waals surface area contributed by atoms with Crippen molar-refractivity contribution in [2.45, 2.75) is 76.1 Å². The van der Waals surface area contributed by atoms with Crippen LogP contribution in [0.4, 0.5) is 13.2 Å². The summed E-state index contributed by atoms with van der Waals surface area (Å²) >= 11 is 13.0. The Morgan fingerprint density at radius 3 is 2.43 bits per heavy atom. The van der Waals surface area contributed by atoms with Gasteiger partial charge in [-0.3, -0.25) is 14.6 Å². The number of benzene rings is 3. The fourth-order valence-corrected chi connectivity index (χ4v) is 8.79. The van der Waals surface area contributed by atoms with Gasteiger partial charge in [-0.15, -0.1) is 13.2 Å². The highest BCUT2D eigenvalue weighted by molar-refractivity contribution is 6.36. The molecule has 51 heavy (non-hydrogen) atoms. The topological polar surface area (TPSA) is 75.8 Å². The van der Waals surface area contributed by atoms with Crippen molar-refractivity contribution < 1.29 is 22.7 Å². The third kappa shape index (κ3) is 8.42. The molecule has 0 spiro atoms. The summed E-state index contributed by atoms with van der Waals surface area (Å²) in [5.74, 6) is 0.450. The Balaban J connectivity index is 1.08. The number of carbonyl (C=O) groups is 1. The maximum atomic E-state index is 13.0. The Kier molecular flexibility index (Phi) is 10.7. The smallest absolute Gasteiger partial charge is 0.406 e. The third-order valence-corrected chi connectivity index (χ3v) is 11.6. The lowest BCUT2D eigenvalue weighted by Crippen LogP contribution is -2.54. The molecule has 3 fully saturated rings. The predicted octanol–water partition coefficient (Wildman–Crippen LogP) is 8.04. The molecule has 3 N–H and O–H groups in total. The van der Waals surface area contributed by atoms with Crippen molar-refractivity contribution in [1.82, 2.24) is 19.7 Å². The molecule has 0 amide bonds.